The second kappa shape index (κ2) is 7.33. The second-order valence-corrected chi connectivity index (χ2v) is 4.44. The molecule has 0 aliphatic rings. The minimum Gasteiger partial charge on any atom is -0.383 e. The zero-order chi connectivity index (χ0) is 10.3. The third-order valence-corrected chi connectivity index (χ3v) is 2.13. The van der Waals surface area contributed by atoms with E-state index in [0.29, 0.717) is 6.61 Å². The molecule has 0 spiro atoms. The minimum absolute atomic E-state index is 0.0236. The summed E-state index contributed by atoms with van der Waals surface area (Å²) in [4.78, 5) is 11.2. The molecule has 0 saturated heterocycles. The molecule has 0 aromatic heterocycles. The summed E-state index contributed by atoms with van der Waals surface area (Å²) in [5.74, 6) is 0.0236. The van der Waals surface area contributed by atoms with E-state index < -0.39 is 0 Å². The maximum absolute atomic E-state index is 11.3. The van der Waals surface area contributed by atoms with E-state index in [9.17, 15) is 4.79 Å². The zero-order valence-corrected chi connectivity index (χ0v) is 10.1. The van der Waals surface area contributed by atoms with E-state index in [1.54, 1.807) is 7.11 Å². The van der Waals surface area contributed by atoms with Crippen molar-refractivity contribution in [3.8, 4) is 0 Å². The quantitative estimate of drug-likeness (QED) is 0.731. The van der Waals surface area contributed by atoms with Crippen LogP contribution in [-0.2, 0) is 9.53 Å². The highest BCUT2D eigenvalue weighted by Crippen LogP contribution is 2.01. The number of carbonyl (C=O) groups is 1. The highest BCUT2D eigenvalue weighted by Gasteiger charge is 2.14. The number of methoxy groups -OCH3 is 1. The van der Waals surface area contributed by atoms with Gasteiger partial charge < -0.3 is 10.1 Å². The van der Waals surface area contributed by atoms with Gasteiger partial charge in [-0.1, -0.05) is 29.3 Å². The van der Waals surface area contributed by atoms with E-state index >= 15 is 0 Å². The van der Waals surface area contributed by atoms with Crippen LogP contribution in [0.2, 0.25) is 0 Å². The van der Waals surface area contributed by atoms with Crippen LogP contribution in [0.5, 0.6) is 0 Å². The number of ether oxygens (including phenoxy) is 1. The molecule has 3 nitrogen and oxygen atoms in total. The van der Waals surface area contributed by atoms with Crippen LogP contribution in [0.15, 0.2) is 0 Å². The smallest absolute Gasteiger partial charge is 0.233 e. The Bertz CT molecular complexity index is 145. The van der Waals surface area contributed by atoms with Gasteiger partial charge in [-0.3, -0.25) is 4.79 Å². The lowest BCUT2D eigenvalue weighted by Crippen LogP contribution is -2.40. The Balaban J connectivity index is 3.86. The second-order valence-electron chi connectivity index (χ2n) is 3.07. The Morgan fingerprint density at radius 2 is 2.23 bits per heavy atom. The normalized spacial score (nSPS) is 15.1. The predicted molar refractivity (Wildman–Crippen MR) is 57.1 cm³/mol. The highest BCUT2D eigenvalue weighted by molar-refractivity contribution is 9.10. The molecule has 1 amide bonds. The van der Waals surface area contributed by atoms with Gasteiger partial charge in [0, 0.05) is 7.11 Å². The van der Waals surface area contributed by atoms with Crippen molar-refractivity contribution >= 4 is 21.8 Å². The molecule has 0 aromatic carbocycles. The number of halogens is 1. The van der Waals surface area contributed by atoms with Crippen molar-refractivity contribution in [2.24, 2.45) is 0 Å². The fourth-order valence-electron chi connectivity index (χ4n) is 1.06. The summed E-state index contributed by atoms with van der Waals surface area (Å²) in [5, 5.41) is 2.91. The maximum Gasteiger partial charge on any atom is 0.233 e. The van der Waals surface area contributed by atoms with Crippen LogP contribution in [0, 0.1) is 0 Å². The van der Waals surface area contributed by atoms with Crippen molar-refractivity contribution in [1.29, 1.82) is 0 Å². The topological polar surface area (TPSA) is 38.3 Å². The van der Waals surface area contributed by atoms with Crippen LogP contribution in [0.4, 0.5) is 0 Å². The summed E-state index contributed by atoms with van der Waals surface area (Å²) in [5.41, 5.74) is 0. The molecule has 4 heteroatoms. The summed E-state index contributed by atoms with van der Waals surface area (Å²) < 4.78 is 5.01. The van der Waals surface area contributed by atoms with Gasteiger partial charge in [0.05, 0.1) is 17.5 Å². The van der Waals surface area contributed by atoms with E-state index in [1.165, 1.54) is 0 Å². The summed E-state index contributed by atoms with van der Waals surface area (Å²) in [7, 11) is 1.65. The Hall–Kier alpha value is -0.0900. The van der Waals surface area contributed by atoms with Gasteiger partial charge in [0.25, 0.3) is 0 Å². The van der Waals surface area contributed by atoms with Gasteiger partial charge in [-0.2, -0.15) is 0 Å². The van der Waals surface area contributed by atoms with Crippen LogP contribution in [-0.4, -0.2) is 30.5 Å². The standard InChI is InChI=1S/C9H18BrNO2/c1-4-5-8(6-13-3)11-9(12)7(2)10/h7-8H,4-6H2,1-3H3,(H,11,12). The number of carbonyl (C=O) groups excluding carboxylic acids is 1. The Morgan fingerprint density at radius 3 is 2.62 bits per heavy atom. The van der Waals surface area contributed by atoms with E-state index in [0.717, 1.165) is 12.8 Å². The number of hydrogen-bond acceptors (Lipinski definition) is 2. The van der Waals surface area contributed by atoms with Crippen molar-refractivity contribution in [1.82, 2.24) is 5.32 Å². The van der Waals surface area contributed by atoms with Crippen LogP contribution in [0.1, 0.15) is 26.7 Å². The van der Waals surface area contributed by atoms with Crippen molar-refractivity contribution < 1.29 is 9.53 Å². The van der Waals surface area contributed by atoms with Gasteiger partial charge in [0.2, 0.25) is 5.91 Å². The molecule has 0 bridgehead atoms. The SMILES string of the molecule is CCCC(COC)NC(=O)C(C)Br. The number of alkyl halides is 1. The molecule has 2 atom stereocenters. The molecule has 0 aliphatic carbocycles. The Kier molecular flexibility index (Phi) is 7.28. The number of amides is 1. The molecular weight excluding hydrogens is 234 g/mol. The third kappa shape index (κ3) is 6.05. The molecule has 1 N–H and O–H groups in total. The lowest BCUT2D eigenvalue weighted by molar-refractivity contribution is -0.121. The fraction of sp³-hybridized carbons (Fsp3) is 0.889. The van der Waals surface area contributed by atoms with Crippen LogP contribution in [0.3, 0.4) is 0 Å². The van der Waals surface area contributed by atoms with Crippen molar-refractivity contribution in [3.05, 3.63) is 0 Å². The average Bonchev–Trinajstić information content (AvgIpc) is 2.05. The van der Waals surface area contributed by atoms with Gasteiger partial charge >= 0.3 is 0 Å². The monoisotopic (exact) mass is 251 g/mol. The lowest BCUT2D eigenvalue weighted by Gasteiger charge is -2.17. The molecule has 0 rings (SSSR count). The Labute approximate surface area is 88.4 Å². The van der Waals surface area contributed by atoms with Crippen molar-refractivity contribution in [2.75, 3.05) is 13.7 Å². The highest BCUT2D eigenvalue weighted by atomic mass is 79.9. The first kappa shape index (κ1) is 12.9. The first-order chi connectivity index (χ1) is 6.11. The third-order valence-electron chi connectivity index (χ3n) is 1.71. The van der Waals surface area contributed by atoms with Gasteiger partial charge in [-0.05, 0) is 13.3 Å². The molecule has 2 unspecified atom stereocenters. The molecular formula is C9H18BrNO2. The van der Waals surface area contributed by atoms with Crippen LogP contribution in [0.25, 0.3) is 0 Å². The Morgan fingerprint density at radius 1 is 1.62 bits per heavy atom. The van der Waals surface area contributed by atoms with Gasteiger partial charge in [-0.25, -0.2) is 0 Å². The zero-order valence-electron chi connectivity index (χ0n) is 8.47. The van der Waals surface area contributed by atoms with E-state index in [2.05, 4.69) is 28.2 Å². The summed E-state index contributed by atoms with van der Waals surface area (Å²) in [6.45, 7) is 4.48. The minimum atomic E-state index is -0.135. The molecule has 0 aliphatic heterocycles. The first-order valence-electron chi connectivity index (χ1n) is 4.55. The largest absolute Gasteiger partial charge is 0.383 e. The van der Waals surface area contributed by atoms with Crippen LogP contribution < -0.4 is 5.32 Å². The number of nitrogens with one attached hydrogen (secondary N) is 1. The van der Waals surface area contributed by atoms with Crippen molar-refractivity contribution in [2.45, 2.75) is 37.6 Å². The average molecular weight is 252 g/mol. The van der Waals surface area contributed by atoms with Crippen molar-refractivity contribution in [3.63, 3.8) is 0 Å². The van der Waals surface area contributed by atoms with Gasteiger partial charge in [0.1, 0.15) is 0 Å². The van der Waals surface area contributed by atoms with Gasteiger partial charge in [0.15, 0.2) is 0 Å². The summed E-state index contributed by atoms with van der Waals surface area (Å²) in [6.07, 6.45) is 2.00. The number of rotatable bonds is 6. The summed E-state index contributed by atoms with van der Waals surface area (Å²) in [6, 6.07) is 0.141. The molecule has 0 saturated carbocycles. The van der Waals surface area contributed by atoms with Gasteiger partial charge in [-0.15, -0.1) is 0 Å². The number of hydrogen-bond donors (Lipinski definition) is 1. The molecule has 0 aromatic rings. The predicted octanol–water partition coefficient (Wildman–Crippen LogP) is 1.70. The molecule has 0 heterocycles. The van der Waals surface area contributed by atoms with Crippen LogP contribution >= 0.6 is 15.9 Å². The fourth-order valence-corrected chi connectivity index (χ4v) is 1.19. The molecule has 0 fully saturated rings. The maximum atomic E-state index is 11.3. The molecule has 78 valence electrons. The van der Waals surface area contributed by atoms with E-state index in [4.69, 9.17) is 4.74 Å². The van der Waals surface area contributed by atoms with E-state index in [1.807, 2.05) is 6.92 Å². The van der Waals surface area contributed by atoms with E-state index in [-0.39, 0.29) is 16.8 Å². The lowest BCUT2D eigenvalue weighted by atomic mass is 10.2. The molecule has 13 heavy (non-hydrogen) atoms. The summed E-state index contributed by atoms with van der Waals surface area (Å²) >= 11 is 3.22. The first-order valence-corrected chi connectivity index (χ1v) is 5.46. The molecule has 0 radical (unpaired) electrons.